The Hall–Kier alpha value is -2.10. The fraction of sp³-hybridized carbons (Fsp3) is 0.286. The van der Waals surface area contributed by atoms with E-state index < -0.39 is 11.9 Å². The van der Waals surface area contributed by atoms with Crippen molar-refractivity contribution in [3.63, 3.8) is 0 Å². The first kappa shape index (κ1) is 12.4. The highest BCUT2D eigenvalue weighted by atomic mass is 16.4. The zero-order chi connectivity index (χ0) is 13.0. The third kappa shape index (κ3) is 3.20. The summed E-state index contributed by atoms with van der Waals surface area (Å²) in [5.41, 5.74) is 1.86. The predicted octanol–water partition coefficient (Wildman–Crippen LogP) is 1.91. The first-order valence-electron chi connectivity index (χ1n) is 5.90. The van der Waals surface area contributed by atoms with Gasteiger partial charge in [-0.05, 0) is 18.1 Å². The molecular weight excluding hydrogens is 228 g/mol. The Balaban J connectivity index is 2.07. The molecule has 1 aromatic heterocycles. The van der Waals surface area contributed by atoms with E-state index in [-0.39, 0.29) is 0 Å². The van der Waals surface area contributed by atoms with Crippen LogP contribution in [-0.2, 0) is 24.7 Å². The fourth-order valence-electron chi connectivity index (χ4n) is 1.97. The summed E-state index contributed by atoms with van der Waals surface area (Å²) in [4.78, 5) is 11.3. The minimum Gasteiger partial charge on any atom is -0.481 e. The molecule has 0 saturated heterocycles. The molecule has 1 unspecified atom stereocenters. The van der Waals surface area contributed by atoms with Crippen LogP contribution in [0, 0.1) is 5.92 Å². The Morgan fingerprint density at radius 1 is 1.28 bits per heavy atom. The first-order valence-corrected chi connectivity index (χ1v) is 5.90. The van der Waals surface area contributed by atoms with E-state index >= 15 is 0 Å². The number of carboxylic acid groups (broad SMARTS) is 1. The average molecular weight is 244 g/mol. The lowest BCUT2D eigenvalue weighted by molar-refractivity contribution is -0.141. The third-order valence-electron chi connectivity index (χ3n) is 2.90. The molecule has 0 fully saturated rings. The molecule has 18 heavy (non-hydrogen) atoms. The Labute approximate surface area is 106 Å². The largest absolute Gasteiger partial charge is 0.481 e. The van der Waals surface area contributed by atoms with Gasteiger partial charge >= 0.3 is 5.97 Å². The molecule has 2 aromatic rings. The molecular formula is C14H16N2O2. The van der Waals surface area contributed by atoms with E-state index in [0.29, 0.717) is 12.8 Å². The van der Waals surface area contributed by atoms with Crippen molar-refractivity contribution in [1.29, 1.82) is 0 Å². The standard InChI is InChI=1S/C14H16N2O2/c1-16-8-7-13(15-16)10-12(14(17)18)9-11-5-3-2-4-6-11/h2-8,12H,9-10H2,1H3,(H,17,18). The molecule has 4 nitrogen and oxygen atoms in total. The number of rotatable bonds is 5. The lowest BCUT2D eigenvalue weighted by Gasteiger charge is -2.10. The van der Waals surface area contributed by atoms with Gasteiger partial charge in [-0.1, -0.05) is 30.3 Å². The van der Waals surface area contributed by atoms with Crippen LogP contribution in [0.5, 0.6) is 0 Å². The van der Waals surface area contributed by atoms with Crippen LogP contribution in [-0.4, -0.2) is 20.9 Å². The number of benzene rings is 1. The second kappa shape index (κ2) is 5.49. The number of aromatic nitrogens is 2. The quantitative estimate of drug-likeness (QED) is 0.874. The number of carbonyl (C=O) groups is 1. The van der Waals surface area contributed by atoms with Crippen molar-refractivity contribution >= 4 is 5.97 Å². The van der Waals surface area contributed by atoms with Gasteiger partial charge in [-0.25, -0.2) is 0 Å². The summed E-state index contributed by atoms with van der Waals surface area (Å²) in [7, 11) is 1.83. The van der Waals surface area contributed by atoms with Gasteiger partial charge in [-0.2, -0.15) is 5.10 Å². The van der Waals surface area contributed by atoms with Crippen molar-refractivity contribution in [1.82, 2.24) is 9.78 Å². The van der Waals surface area contributed by atoms with Gasteiger partial charge < -0.3 is 5.11 Å². The first-order chi connectivity index (χ1) is 8.65. The molecule has 2 rings (SSSR count). The Kier molecular flexibility index (Phi) is 3.77. The minimum absolute atomic E-state index is 0.428. The Morgan fingerprint density at radius 3 is 2.56 bits per heavy atom. The van der Waals surface area contributed by atoms with Crippen LogP contribution in [0.4, 0.5) is 0 Å². The molecule has 0 radical (unpaired) electrons. The van der Waals surface area contributed by atoms with Gasteiger partial charge in [-0.15, -0.1) is 0 Å². The summed E-state index contributed by atoms with van der Waals surface area (Å²) in [6.45, 7) is 0. The van der Waals surface area contributed by atoms with Gasteiger partial charge in [-0.3, -0.25) is 9.48 Å². The topological polar surface area (TPSA) is 55.1 Å². The Bertz CT molecular complexity index is 520. The molecule has 4 heteroatoms. The molecule has 94 valence electrons. The number of hydrogen-bond acceptors (Lipinski definition) is 2. The lowest BCUT2D eigenvalue weighted by Crippen LogP contribution is -2.19. The normalized spacial score (nSPS) is 12.3. The highest BCUT2D eigenvalue weighted by Crippen LogP contribution is 2.14. The molecule has 1 heterocycles. The number of aliphatic carboxylic acids is 1. The van der Waals surface area contributed by atoms with E-state index in [1.807, 2.05) is 49.6 Å². The summed E-state index contributed by atoms with van der Waals surface area (Å²) >= 11 is 0. The highest BCUT2D eigenvalue weighted by Gasteiger charge is 2.19. The maximum Gasteiger partial charge on any atom is 0.307 e. The number of aryl methyl sites for hydroxylation is 1. The van der Waals surface area contributed by atoms with Crippen LogP contribution < -0.4 is 0 Å². The summed E-state index contributed by atoms with van der Waals surface area (Å²) in [5.74, 6) is -1.20. The maximum atomic E-state index is 11.3. The van der Waals surface area contributed by atoms with Crippen molar-refractivity contribution in [3.8, 4) is 0 Å². The van der Waals surface area contributed by atoms with Crippen molar-refractivity contribution in [2.45, 2.75) is 12.8 Å². The van der Waals surface area contributed by atoms with Crippen molar-refractivity contribution < 1.29 is 9.90 Å². The second-order valence-corrected chi connectivity index (χ2v) is 4.41. The van der Waals surface area contributed by atoms with Gasteiger partial charge in [0.05, 0.1) is 11.6 Å². The number of nitrogens with zero attached hydrogens (tertiary/aromatic N) is 2. The second-order valence-electron chi connectivity index (χ2n) is 4.41. The molecule has 0 aliphatic rings. The molecule has 0 aliphatic carbocycles. The van der Waals surface area contributed by atoms with E-state index in [0.717, 1.165) is 11.3 Å². The zero-order valence-corrected chi connectivity index (χ0v) is 10.3. The molecule has 0 aliphatic heterocycles. The summed E-state index contributed by atoms with van der Waals surface area (Å²) < 4.78 is 1.69. The van der Waals surface area contributed by atoms with Crippen LogP contribution >= 0.6 is 0 Å². The summed E-state index contributed by atoms with van der Waals surface area (Å²) in [6.07, 6.45) is 2.83. The lowest BCUT2D eigenvalue weighted by atomic mass is 9.95. The average Bonchev–Trinajstić information content (AvgIpc) is 2.75. The van der Waals surface area contributed by atoms with Crippen molar-refractivity contribution in [2.24, 2.45) is 13.0 Å². The monoisotopic (exact) mass is 244 g/mol. The molecule has 0 bridgehead atoms. The number of hydrogen-bond donors (Lipinski definition) is 1. The molecule has 0 spiro atoms. The smallest absolute Gasteiger partial charge is 0.307 e. The fourth-order valence-corrected chi connectivity index (χ4v) is 1.97. The SMILES string of the molecule is Cn1ccc(CC(Cc2ccccc2)C(=O)O)n1. The van der Waals surface area contributed by atoms with Crippen LogP contribution in [0.15, 0.2) is 42.6 Å². The third-order valence-corrected chi connectivity index (χ3v) is 2.90. The molecule has 1 atom stereocenters. The van der Waals surface area contributed by atoms with Gasteiger partial charge in [0, 0.05) is 19.7 Å². The highest BCUT2D eigenvalue weighted by molar-refractivity contribution is 5.70. The van der Waals surface area contributed by atoms with E-state index in [4.69, 9.17) is 0 Å². The predicted molar refractivity (Wildman–Crippen MR) is 68.2 cm³/mol. The van der Waals surface area contributed by atoms with Gasteiger partial charge in [0.25, 0.3) is 0 Å². The van der Waals surface area contributed by atoms with Crippen molar-refractivity contribution in [2.75, 3.05) is 0 Å². The van der Waals surface area contributed by atoms with Crippen LogP contribution in [0.3, 0.4) is 0 Å². The van der Waals surface area contributed by atoms with E-state index in [1.165, 1.54) is 0 Å². The van der Waals surface area contributed by atoms with Crippen LogP contribution in [0.2, 0.25) is 0 Å². The van der Waals surface area contributed by atoms with E-state index in [2.05, 4.69) is 5.10 Å². The molecule has 0 amide bonds. The van der Waals surface area contributed by atoms with Gasteiger partial charge in [0.2, 0.25) is 0 Å². The molecule has 0 saturated carbocycles. The van der Waals surface area contributed by atoms with Crippen LogP contribution in [0.25, 0.3) is 0 Å². The van der Waals surface area contributed by atoms with E-state index in [1.54, 1.807) is 4.68 Å². The van der Waals surface area contributed by atoms with Gasteiger partial charge in [0.15, 0.2) is 0 Å². The van der Waals surface area contributed by atoms with Crippen LogP contribution in [0.1, 0.15) is 11.3 Å². The summed E-state index contributed by atoms with van der Waals surface area (Å²) in [5, 5.41) is 13.5. The van der Waals surface area contributed by atoms with E-state index in [9.17, 15) is 9.90 Å². The Morgan fingerprint density at radius 2 is 2.00 bits per heavy atom. The van der Waals surface area contributed by atoms with Gasteiger partial charge in [0.1, 0.15) is 0 Å². The van der Waals surface area contributed by atoms with Crippen molar-refractivity contribution in [3.05, 3.63) is 53.9 Å². The number of carboxylic acids is 1. The minimum atomic E-state index is -0.774. The molecule has 1 N–H and O–H groups in total. The maximum absolute atomic E-state index is 11.3. The summed E-state index contributed by atoms with van der Waals surface area (Å²) in [6, 6.07) is 11.5. The zero-order valence-electron chi connectivity index (χ0n) is 10.3. The molecule has 1 aromatic carbocycles.